The quantitative estimate of drug-likeness (QED) is 0.775. The van der Waals surface area contributed by atoms with Crippen LogP contribution in [0, 0.1) is 13.8 Å². The Kier molecular flexibility index (Phi) is 4.54. The summed E-state index contributed by atoms with van der Waals surface area (Å²) in [7, 11) is 0. The molecular formula is C15H22N4O3. The minimum Gasteiger partial charge on any atom is -0.378 e. The lowest BCUT2D eigenvalue weighted by atomic mass is 10.2. The Morgan fingerprint density at radius 2 is 1.95 bits per heavy atom. The summed E-state index contributed by atoms with van der Waals surface area (Å²) in [5.41, 5.74) is 2.02. The van der Waals surface area contributed by atoms with Gasteiger partial charge in [-0.15, -0.1) is 0 Å². The first kappa shape index (κ1) is 15.2. The zero-order chi connectivity index (χ0) is 15.5. The highest BCUT2D eigenvalue weighted by molar-refractivity contribution is 5.82. The van der Waals surface area contributed by atoms with Gasteiger partial charge in [0.1, 0.15) is 12.1 Å². The summed E-state index contributed by atoms with van der Waals surface area (Å²) in [5.74, 6) is 0.951. The third-order valence-corrected chi connectivity index (χ3v) is 4.27. The number of hydrogen-bond donors (Lipinski definition) is 0. The second-order valence-corrected chi connectivity index (χ2v) is 5.65. The van der Waals surface area contributed by atoms with Gasteiger partial charge in [-0.3, -0.25) is 4.79 Å². The van der Waals surface area contributed by atoms with E-state index in [0.717, 1.165) is 23.6 Å². The lowest BCUT2D eigenvalue weighted by Crippen LogP contribution is -2.53. The van der Waals surface area contributed by atoms with Crippen molar-refractivity contribution in [2.75, 3.05) is 50.9 Å². The zero-order valence-corrected chi connectivity index (χ0v) is 13.1. The van der Waals surface area contributed by atoms with Crippen LogP contribution in [0.5, 0.6) is 0 Å². The Balaban J connectivity index is 1.71. The second kappa shape index (κ2) is 6.58. The lowest BCUT2D eigenvalue weighted by molar-refractivity contribution is -0.148. The van der Waals surface area contributed by atoms with Crippen LogP contribution >= 0.6 is 0 Å². The molecule has 1 unspecified atom stereocenters. The fourth-order valence-corrected chi connectivity index (χ4v) is 2.82. The highest BCUT2D eigenvalue weighted by Crippen LogP contribution is 2.21. The average molecular weight is 306 g/mol. The van der Waals surface area contributed by atoms with E-state index in [9.17, 15) is 4.79 Å². The van der Waals surface area contributed by atoms with Gasteiger partial charge in [0.05, 0.1) is 26.4 Å². The zero-order valence-electron chi connectivity index (χ0n) is 13.1. The van der Waals surface area contributed by atoms with Crippen molar-refractivity contribution in [2.24, 2.45) is 0 Å². The van der Waals surface area contributed by atoms with Crippen LogP contribution in [0.3, 0.4) is 0 Å². The summed E-state index contributed by atoms with van der Waals surface area (Å²) in [4.78, 5) is 25.1. The van der Waals surface area contributed by atoms with Crippen LogP contribution in [-0.2, 0) is 14.3 Å². The molecule has 22 heavy (non-hydrogen) atoms. The SMILES string of the molecule is Cc1ncnc(N2CCOC(C(=O)N3CCOCC3)C2)c1C. The van der Waals surface area contributed by atoms with Crippen molar-refractivity contribution >= 4 is 11.7 Å². The van der Waals surface area contributed by atoms with Crippen LogP contribution in [-0.4, -0.2) is 72.9 Å². The molecule has 1 aromatic heterocycles. The Morgan fingerprint density at radius 1 is 1.18 bits per heavy atom. The molecule has 0 saturated carbocycles. The third kappa shape index (κ3) is 3.05. The van der Waals surface area contributed by atoms with Gasteiger partial charge in [0.25, 0.3) is 5.91 Å². The first-order valence-corrected chi connectivity index (χ1v) is 7.68. The molecule has 0 N–H and O–H groups in total. The number of anilines is 1. The largest absolute Gasteiger partial charge is 0.378 e. The predicted octanol–water partition coefficient (Wildman–Crippen LogP) is 0.157. The molecule has 2 saturated heterocycles. The van der Waals surface area contributed by atoms with E-state index in [2.05, 4.69) is 14.9 Å². The van der Waals surface area contributed by atoms with Crippen molar-refractivity contribution in [2.45, 2.75) is 20.0 Å². The maximum Gasteiger partial charge on any atom is 0.253 e. The number of aromatic nitrogens is 2. The molecule has 0 spiro atoms. The molecule has 3 rings (SSSR count). The van der Waals surface area contributed by atoms with Crippen LogP contribution in [0.25, 0.3) is 0 Å². The summed E-state index contributed by atoms with van der Waals surface area (Å²) in [5, 5.41) is 0. The van der Waals surface area contributed by atoms with E-state index in [-0.39, 0.29) is 5.91 Å². The standard InChI is InChI=1S/C15H22N4O3/c1-11-12(2)16-10-17-14(11)19-5-8-22-13(9-19)15(20)18-3-6-21-7-4-18/h10,13H,3-9H2,1-2H3. The Morgan fingerprint density at radius 3 is 2.73 bits per heavy atom. The van der Waals surface area contributed by atoms with E-state index in [0.29, 0.717) is 39.5 Å². The summed E-state index contributed by atoms with van der Waals surface area (Å²) in [6, 6.07) is 0. The topological polar surface area (TPSA) is 67.8 Å². The molecule has 0 aromatic carbocycles. The molecule has 7 nitrogen and oxygen atoms in total. The van der Waals surface area contributed by atoms with Gasteiger partial charge in [-0.05, 0) is 13.8 Å². The van der Waals surface area contributed by atoms with Gasteiger partial charge < -0.3 is 19.3 Å². The van der Waals surface area contributed by atoms with Crippen LogP contribution < -0.4 is 4.90 Å². The number of morpholine rings is 2. The highest BCUT2D eigenvalue weighted by atomic mass is 16.5. The van der Waals surface area contributed by atoms with Gasteiger partial charge >= 0.3 is 0 Å². The van der Waals surface area contributed by atoms with Crippen molar-refractivity contribution in [1.82, 2.24) is 14.9 Å². The molecule has 7 heteroatoms. The van der Waals surface area contributed by atoms with Gasteiger partial charge in [-0.25, -0.2) is 9.97 Å². The van der Waals surface area contributed by atoms with Crippen molar-refractivity contribution in [3.63, 3.8) is 0 Å². The molecule has 0 aliphatic carbocycles. The molecule has 0 bridgehead atoms. The van der Waals surface area contributed by atoms with E-state index < -0.39 is 6.10 Å². The fraction of sp³-hybridized carbons (Fsp3) is 0.667. The summed E-state index contributed by atoms with van der Waals surface area (Å²) in [6.07, 6.45) is 1.15. The van der Waals surface area contributed by atoms with E-state index in [1.165, 1.54) is 0 Å². The Hall–Kier alpha value is -1.73. The van der Waals surface area contributed by atoms with Crippen molar-refractivity contribution in [3.05, 3.63) is 17.6 Å². The molecule has 1 atom stereocenters. The van der Waals surface area contributed by atoms with E-state index in [1.54, 1.807) is 6.33 Å². The number of rotatable bonds is 2. The van der Waals surface area contributed by atoms with Crippen molar-refractivity contribution in [1.29, 1.82) is 0 Å². The van der Waals surface area contributed by atoms with Crippen LogP contribution in [0.15, 0.2) is 6.33 Å². The summed E-state index contributed by atoms with van der Waals surface area (Å²) >= 11 is 0. The van der Waals surface area contributed by atoms with Gasteiger partial charge in [0.2, 0.25) is 0 Å². The first-order chi connectivity index (χ1) is 10.7. The maximum absolute atomic E-state index is 12.6. The van der Waals surface area contributed by atoms with Crippen LogP contribution in [0.4, 0.5) is 5.82 Å². The van der Waals surface area contributed by atoms with Gasteiger partial charge in [0.15, 0.2) is 6.10 Å². The summed E-state index contributed by atoms with van der Waals surface area (Å²) in [6.45, 7) is 8.28. The number of carbonyl (C=O) groups excluding carboxylic acids is 1. The predicted molar refractivity (Wildman–Crippen MR) is 80.9 cm³/mol. The van der Waals surface area contributed by atoms with Gasteiger partial charge in [0, 0.05) is 30.9 Å². The number of hydrogen-bond acceptors (Lipinski definition) is 6. The molecule has 2 aliphatic heterocycles. The minimum absolute atomic E-state index is 0.0523. The molecular weight excluding hydrogens is 284 g/mol. The van der Waals surface area contributed by atoms with Crippen LogP contribution in [0.1, 0.15) is 11.3 Å². The molecule has 0 radical (unpaired) electrons. The van der Waals surface area contributed by atoms with E-state index in [4.69, 9.17) is 9.47 Å². The molecule has 2 fully saturated rings. The Bertz CT molecular complexity index is 546. The second-order valence-electron chi connectivity index (χ2n) is 5.65. The lowest BCUT2D eigenvalue weighted by Gasteiger charge is -2.37. The molecule has 1 aromatic rings. The third-order valence-electron chi connectivity index (χ3n) is 4.27. The maximum atomic E-state index is 12.6. The smallest absolute Gasteiger partial charge is 0.253 e. The first-order valence-electron chi connectivity index (χ1n) is 7.68. The number of aryl methyl sites for hydroxylation is 1. The van der Waals surface area contributed by atoms with Gasteiger partial charge in [-0.1, -0.05) is 0 Å². The number of carbonyl (C=O) groups is 1. The molecule has 3 heterocycles. The summed E-state index contributed by atoms with van der Waals surface area (Å²) < 4.78 is 11.0. The number of nitrogens with zero attached hydrogens (tertiary/aromatic N) is 4. The van der Waals surface area contributed by atoms with Crippen LogP contribution in [0.2, 0.25) is 0 Å². The average Bonchev–Trinajstić information content (AvgIpc) is 2.57. The number of ether oxygens (including phenoxy) is 2. The molecule has 1 amide bonds. The monoisotopic (exact) mass is 306 g/mol. The fourth-order valence-electron chi connectivity index (χ4n) is 2.82. The van der Waals surface area contributed by atoms with Gasteiger partial charge in [-0.2, -0.15) is 0 Å². The van der Waals surface area contributed by atoms with E-state index in [1.807, 2.05) is 18.7 Å². The molecule has 120 valence electrons. The Labute approximate surface area is 130 Å². The normalized spacial score (nSPS) is 22.7. The highest BCUT2D eigenvalue weighted by Gasteiger charge is 2.32. The van der Waals surface area contributed by atoms with Crippen molar-refractivity contribution in [3.8, 4) is 0 Å². The molecule has 2 aliphatic rings. The minimum atomic E-state index is -0.429. The van der Waals surface area contributed by atoms with Crippen molar-refractivity contribution < 1.29 is 14.3 Å². The number of amides is 1. The van der Waals surface area contributed by atoms with E-state index >= 15 is 0 Å².